The minimum Gasteiger partial charge on any atom is -0.445 e. The van der Waals surface area contributed by atoms with Crippen molar-refractivity contribution in [3.8, 4) is 0 Å². The van der Waals surface area contributed by atoms with Crippen LogP contribution in [0.5, 0.6) is 0 Å². The van der Waals surface area contributed by atoms with Crippen molar-refractivity contribution in [2.24, 2.45) is 0 Å². The molecule has 0 aliphatic rings. The van der Waals surface area contributed by atoms with Crippen LogP contribution < -0.4 is 11.1 Å². The number of hydrogen-bond acceptors (Lipinski definition) is 5. The molecule has 0 bridgehead atoms. The van der Waals surface area contributed by atoms with Crippen LogP contribution in [0.25, 0.3) is 6.08 Å². The zero-order valence-corrected chi connectivity index (χ0v) is 13.1. The van der Waals surface area contributed by atoms with Gasteiger partial charge in [-0.05, 0) is 5.56 Å². The van der Waals surface area contributed by atoms with Gasteiger partial charge in [0.05, 0.1) is 4.92 Å². The third-order valence-corrected chi connectivity index (χ3v) is 3.22. The van der Waals surface area contributed by atoms with Gasteiger partial charge in [-0.3, -0.25) is 10.1 Å². The lowest BCUT2D eigenvalue weighted by molar-refractivity contribution is -0.384. The number of nitrogens with one attached hydrogen (secondary N) is 1. The van der Waals surface area contributed by atoms with Crippen LogP contribution in [0.15, 0.2) is 48.5 Å². The lowest BCUT2D eigenvalue weighted by atomic mass is 10.1. The molecule has 25 heavy (non-hydrogen) atoms. The summed E-state index contributed by atoms with van der Waals surface area (Å²) in [6, 6.07) is 11.1. The van der Waals surface area contributed by atoms with E-state index in [1.165, 1.54) is 12.2 Å². The average molecular weight is 345 g/mol. The van der Waals surface area contributed by atoms with E-state index in [1.54, 1.807) is 0 Å². The van der Waals surface area contributed by atoms with Crippen LogP contribution in [0.1, 0.15) is 11.1 Å². The number of carbonyl (C=O) groups is 1. The topological polar surface area (TPSA) is 107 Å². The molecule has 0 radical (unpaired) electrons. The van der Waals surface area contributed by atoms with E-state index >= 15 is 0 Å². The maximum Gasteiger partial charge on any atom is 0.407 e. The highest BCUT2D eigenvalue weighted by Crippen LogP contribution is 2.25. The number of nitrogens with zero attached hydrogens (tertiary/aromatic N) is 1. The van der Waals surface area contributed by atoms with Crippen LogP contribution in [0.2, 0.25) is 0 Å². The molecule has 0 atom stereocenters. The van der Waals surface area contributed by atoms with Crippen molar-refractivity contribution in [1.82, 2.24) is 5.32 Å². The Hall–Kier alpha value is -3.42. The Bertz CT molecular complexity index is 794. The number of alkyl carbamates (subject to hydrolysis) is 1. The zero-order chi connectivity index (χ0) is 18.2. The largest absolute Gasteiger partial charge is 0.445 e. The predicted octanol–water partition coefficient (Wildman–Crippen LogP) is 3.26. The highest BCUT2D eigenvalue weighted by Gasteiger charge is 2.14. The standard InChI is InChI=1S/C17H16FN3O4/c18-14-10-15(19)16(21(23)24)9-13(14)7-4-8-20-17(22)25-11-12-5-2-1-3-6-12/h1-7,9-10H,8,11,19H2,(H,20,22). The fourth-order valence-corrected chi connectivity index (χ4v) is 1.98. The molecule has 0 heterocycles. The summed E-state index contributed by atoms with van der Waals surface area (Å²) in [6.45, 7) is 0.209. The molecule has 7 nitrogen and oxygen atoms in total. The summed E-state index contributed by atoms with van der Waals surface area (Å²) in [4.78, 5) is 21.6. The van der Waals surface area contributed by atoms with E-state index in [2.05, 4.69) is 5.32 Å². The molecule has 0 fully saturated rings. The molecule has 0 spiro atoms. The summed E-state index contributed by atoms with van der Waals surface area (Å²) < 4.78 is 18.7. The molecule has 8 heteroatoms. The molecular weight excluding hydrogens is 329 g/mol. The van der Waals surface area contributed by atoms with E-state index in [-0.39, 0.29) is 30.1 Å². The van der Waals surface area contributed by atoms with Crippen LogP contribution in [-0.4, -0.2) is 17.6 Å². The second-order valence-corrected chi connectivity index (χ2v) is 5.03. The normalized spacial score (nSPS) is 10.6. The van der Waals surface area contributed by atoms with Crippen molar-refractivity contribution >= 4 is 23.5 Å². The Kier molecular flexibility index (Phi) is 6.05. The van der Waals surface area contributed by atoms with E-state index in [4.69, 9.17) is 10.5 Å². The molecule has 0 aromatic heterocycles. The number of hydrogen-bond donors (Lipinski definition) is 2. The number of amides is 1. The second kappa shape index (κ2) is 8.44. The molecule has 2 rings (SSSR count). The van der Waals surface area contributed by atoms with Crippen molar-refractivity contribution in [3.05, 3.63) is 75.6 Å². The van der Waals surface area contributed by atoms with Crippen LogP contribution >= 0.6 is 0 Å². The minimum absolute atomic E-state index is 0.000327. The van der Waals surface area contributed by atoms with Gasteiger partial charge in [0.15, 0.2) is 0 Å². The number of rotatable bonds is 6. The first-order chi connectivity index (χ1) is 12.0. The lowest BCUT2D eigenvalue weighted by Gasteiger charge is -2.05. The van der Waals surface area contributed by atoms with Gasteiger partial charge in [0.2, 0.25) is 0 Å². The van der Waals surface area contributed by atoms with Gasteiger partial charge in [-0.15, -0.1) is 0 Å². The summed E-state index contributed by atoms with van der Waals surface area (Å²) in [6.07, 6.45) is 2.14. The maximum atomic E-state index is 13.7. The summed E-state index contributed by atoms with van der Waals surface area (Å²) in [7, 11) is 0. The van der Waals surface area contributed by atoms with Crippen LogP contribution in [0, 0.1) is 15.9 Å². The first-order valence-corrected chi connectivity index (χ1v) is 7.32. The maximum absolute atomic E-state index is 13.7. The number of anilines is 1. The van der Waals surface area contributed by atoms with Crippen molar-refractivity contribution in [2.45, 2.75) is 6.61 Å². The summed E-state index contributed by atoms with van der Waals surface area (Å²) in [5.74, 6) is -0.689. The Morgan fingerprint density at radius 3 is 2.72 bits per heavy atom. The van der Waals surface area contributed by atoms with Gasteiger partial charge >= 0.3 is 6.09 Å². The molecule has 0 aliphatic carbocycles. The van der Waals surface area contributed by atoms with Gasteiger partial charge < -0.3 is 15.8 Å². The van der Waals surface area contributed by atoms with Crippen LogP contribution in [0.4, 0.5) is 20.6 Å². The SMILES string of the molecule is Nc1cc(F)c(C=CCNC(=O)OCc2ccccc2)cc1[N+](=O)[O-]. The average Bonchev–Trinajstić information content (AvgIpc) is 2.59. The highest BCUT2D eigenvalue weighted by atomic mass is 19.1. The number of nitro benzene ring substituents is 1. The van der Waals surface area contributed by atoms with Gasteiger partial charge in [0, 0.05) is 24.2 Å². The molecule has 3 N–H and O–H groups in total. The predicted molar refractivity (Wildman–Crippen MR) is 91.1 cm³/mol. The number of halogens is 1. The van der Waals surface area contributed by atoms with E-state index in [0.717, 1.165) is 17.7 Å². The van der Waals surface area contributed by atoms with Crippen molar-refractivity contribution in [3.63, 3.8) is 0 Å². The molecule has 1 amide bonds. The molecule has 2 aromatic carbocycles. The zero-order valence-electron chi connectivity index (χ0n) is 13.1. The van der Waals surface area contributed by atoms with Gasteiger partial charge in [-0.25, -0.2) is 9.18 Å². The Balaban J connectivity index is 1.86. The first-order valence-electron chi connectivity index (χ1n) is 7.32. The van der Waals surface area contributed by atoms with Gasteiger partial charge in [0.1, 0.15) is 18.1 Å². The van der Waals surface area contributed by atoms with E-state index in [9.17, 15) is 19.3 Å². The quantitative estimate of drug-likeness (QED) is 0.475. The third kappa shape index (κ3) is 5.31. The molecule has 0 aliphatic heterocycles. The molecule has 0 saturated carbocycles. The number of benzene rings is 2. The van der Waals surface area contributed by atoms with Gasteiger partial charge in [-0.2, -0.15) is 0 Å². The fourth-order valence-electron chi connectivity index (χ4n) is 1.98. The van der Waals surface area contributed by atoms with Crippen LogP contribution in [-0.2, 0) is 11.3 Å². The van der Waals surface area contributed by atoms with Crippen molar-refractivity contribution in [2.75, 3.05) is 12.3 Å². The van der Waals surface area contributed by atoms with Crippen molar-refractivity contribution in [1.29, 1.82) is 0 Å². The number of ether oxygens (including phenoxy) is 1. The van der Waals surface area contributed by atoms with E-state index in [0.29, 0.717) is 0 Å². The minimum atomic E-state index is -0.689. The first kappa shape index (κ1) is 17.9. The van der Waals surface area contributed by atoms with E-state index in [1.807, 2.05) is 30.3 Å². The molecule has 2 aromatic rings. The summed E-state index contributed by atoms with van der Waals surface area (Å²) in [5, 5.41) is 13.3. The van der Waals surface area contributed by atoms with Crippen molar-refractivity contribution < 1.29 is 18.8 Å². The number of nitro groups is 1. The molecule has 0 saturated heterocycles. The highest BCUT2D eigenvalue weighted by molar-refractivity contribution is 5.68. The summed E-state index contributed by atoms with van der Waals surface area (Å²) in [5.41, 5.74) is 5.61. The monoisotopic (exact) mass is 345 g/mol. The third-order valence-electron chi connectivity index (χ3n) is 3.22. The smallest absolute Gasteiger partial charge is 0.407 e. The Labute approximate surface area is 143 Å². The second-order valence-electron chi connectivity index (χ2n) is 5.03. The molecule has 130 valence electrons. The Morgan fingerprint density at radius 2 is 2.04 bits per heavy atom. The van der Waals surface area contributed by atoms with Gasteiger partial charge in [-0.1, -0.05) is 42.5 Å². The fraction of sp³-hybridized carbons (Fsp3) is 0.118. The number of carbonyl (C=O) groups excluding carboxylic acids is 1. The van der Waals surface area contributed by atoms with Crippen LogP contribution in [0.3, 0.4) is 0 Å². The van der Waals surface area contributed by atoms with E-state index < -0.39 is 16.8 Å². The summed E-state index contributed by atoms with van der Waals surface area (Å²) >= 11 is 0. The van der Waals surface area contributed by atoms with Gasteiger partial charge in [0.25, 0.3) is 5.69 Å². The number of nitrogens with two attached hydrogens (primary N) is 1. The Morgan fingerprint density at radius 1 is 1.32 bits per heavy atom. The molecular formula is C17H16FN3O4. The molecule has 0 unspecified atom stereocenters. The number of nitrogen functional groups attached to an aromatic ring is 1. The lowest BCUT2D eigenvalue weighted by Crippen LogP contribution is -2.24.